The summed E-state index contributed by atoms with van der Waals surface area (Å²) in [6.45, 7) is 5.63. The molecule has 2 fully saturated rings. The van der Waals surface area contributed by atoms with Crippen molar-refractivity contribution in [3.63, 3.8) is 0 Å². The van der Waals surface area contributed by atoms with E-state index in [1.54, 1.807) is 0 Å². The van der Waals surface area contributed by atoms with Gasteiger partial charge in [-0.25, -0.2) is 0 Å². The smallest absolute Gasteiger partial charge is 0.222 e. The molecule has 2 saturated heterocycles. The van der Waals surface area contributed by atoms with E-state index in [2.05, 4.69) is 18.7 Å². The maximum Gasteiger partial charge on any atom is 0.222 e. The van der Waals surface area contributed by atoms with E-state index in [4.69, 9.17) is 0 Å². The van der Waals surface area contributed by atoms with E-state index in [1.807, 2.05) is 0 Å². The third-order valence-corrected chi connectivity index (χ3v) is 3.71. The molecule has 0 aromatic rings. The summed E-state index contributed by atoms with van der Waals surface area (Å²) >= 11 is 0. The van der Waals surface area contributed by atoms with Gasteiger partial charge in [-0.3, -0.25) is 4.79 Å². The molecular weight excluding hydrogens is 162 g/mol. The molecule has 1 amide bonds. The van der Waals surface area contributed by atoms with Crippen molar-refractivity contribution in [3.05, 3.63) is 0 Å². The Kier molecular flexibility index (Phi) is 2.31. The average Bonchev–Trinajstić information content (AvgIpc) is 2.47. The fraction of sp³-hybridized carbons (Fsp3) is 0.909. The first kappa shape index (κ1) is 9.04. The van der Waals surface area contributed by atoms with Gasteiger partial charge in [-0.2, -0.15) is 0 Å². The van der Waals surface area contributed by atoms with Gasteiger partial charge in [0.25, 0.3) is 0 Å². The summed E-state index contributed by atoms with van der Waals surface area (Å²) in [4.78, 5) is 13.5. The summed E-state index contributed by atoms with van der Waals surface area (Å²) in [5.41, 5.74) is 0. The summed E-state index contributed by atoms with van der Waals surface area (Å²) in [5.74, 6) is 2.04. The van der Waals surface area contributed by atoms with Crippen LogP contribution in [0.4, 0.5) is 0 Å². The van der Waals surface area contributed by atoms with Crippen LogP contribution in [0, 0.1) is 11.8 Å². The molecule has 0 saturated carbocycles. The highest BCUT2D eigenvalue weighted by Gasteiger charge is 2.36. The van der Waals surface area contributed by atoms with Crippen molar-refractivity contribution in [2.45, 2.75) is 45.6 Å². The zero-order valence-corrected chi connectivity index (χ0v) is 8.62. The fourth-order valence-corrected chi connectivity index (χ4v) is 2.72. The number of hydrogen-bond donors (Lipinski definition) is 0. The Balaban J connectivity index is 1.99. The molecule has 2 heterocycles. The monoisotopic (exact) mass is 181 g/mol. The summed E-state index contributed by atoms with van der Waals surface area (Å²) < 4.78 is 0. The molecule has 2 atom stereocenters. The average molecular weight is 181 g/mol. The highest BCUT2D eigenvalue weighted by Crippen LogP contribution is 2.34. The number of carbonyl (C=O) groups excluding carboxylic acids is 1. The maximum absolute atomic E-state index is 11.4. The van der Waals surface area contributed by atoms with Gasteiger partial charge in [0.05, 0.1) is 0 Å². The maximum atomic E-state index is 11.4. The number of hydrogen-bond acceptors (Lipinski definition) is 1. The number of rotatable bonds is 1. The molecule has 2 heteroatoms. The Morgan fingerprint density at radius 2 is 2.15 bits per heavy atom. The van der Waals surface area contributed by atoms with Gasteiger partial charge in [-0.15, -0.1) is 0 Å². The first-order chi connectivity index (χ1) is 6.18. The highest BCUT2D eigenvalue weighted by atomic mass is 16.2. The Bertz CT molecular complexity index is 212. The Labute approximate surface area is 80.3 Å². The van der Waals surface area contributed by atoms with E-state index in [0.717, 1.165) is 31.2 Å². The summed E-state index contributed by atoms with van der Waals surface area (Å²) in [7, 11) is 0. The molecule has 2 nitrogen and oxygen atoms in total. The first-order valence-electron chi connectivity index (χ1n) is 5.48. The third kappa shape index (κ3) is 1.59. The number of piperidine rings is 1. The highest BCUT2D eigenvalue weighted by molar-refractivity contribution is 5.78. The minimum atomic E-state index is 0.396. The van der Waals surface area contributed by atoms with Crippen LogP contribution in [0.2, 0.25) is 0 Å². The number of nitrogens with zero attached hydrogens (tertiary/aromatic N) is 1. The molecule has 74 valence electrons. The van der Waals surface area contributed by atoms with Crippen LogP contribution in [-0.4, -0.2) is 23.4 Å². The van der Waals surface area contributed by atoms with Gasteiger partial charge in [0.2, 0.25) is 5.91 Å². The second-order valence-electron chi connectivity index (χ2n) is 4.81. The van der Waals surface area contributed by atoms with Gasteiger partial charge in [-0.05, 0) is 31.1 Å². The molecule has 2 aliphatic rings. The van der Waals surface area contributed by atoms with Gasteiger partial charge >= 0.3 is 0 Å². The summed E-state index contributed by atoms with van der Waals surface area (Å²) in [5, 5.41) is 0. The van der Waals surface area contributed by atoms with Gasteiger partial charge in [0.15, 0.2) is 0 Å². The summed E-state index contributed by atoms with van der Waals surface area (Å²) in [6, 6.07) is 0.591. The molecule has 0 aromatic heterocycles. The van der Waals surface area contributed by atoms with E-state index in [1.165, 1.54) is 12.8 Å². The minimum absolute atomic E-state index is 0.396. The Hall–Kier alpha value is -0.530. The lowest BCUT2D eigenvalue weighted by Gasteiger charge is -2.36. The van der Waals surface area contributed by atoms with Crippen LogP contribution in [0.1, 0.15) is 39.5 Å². The van der Waals surface area contributed by atoms with Gasteiger partial charge < -0.3 is 4.90 Å². The lowest BCUT2D eigenvalue weighted by molar-refractivity contribution is -0.130. The topological polar surface area (TPSA) is 20.3 Å². The van der Waals surface area contributed by atoms with Crippen LogP contribution in [0.3, 0.4) is 0 Å². The Morgan fingerprint density at radius 1 is 1.38 bits per heavy atom. The molecule has 0 spiro atoms. The lowest BCUT2D eigenvalue weighted by Crippen LogP contribution is -2.41. The lowest BCUT2D eigenvalue weighted by atomic mass is 9.83. The molecule has 0 N–H and O–H groups in total. The zero-order valence-electron chi connectivity index (χ0n) is 8.62. The number of fused-ring (bicyclic) bond motifs is 1. The first-order valence-corrected chi connectivity index (χ1v) is 5.48. The van der Waals surface area contributed by atoms with Gasteiger partial charge in [0, 0.05) is 19.0 Å². The molecule has 2 aliphatic heterocycles. The fourth-order valence-electron chi connectivity index (χ4n) is 2.72. The second kappa shape index (κ2) is 3.32. The van der Waals surface area contributed by atoms with Crippen molar-refractivity contribution in [3.8, 4) is 0 Å². The van der Waals surface area contributed by atoms with Crippen LogP contribution in [0.5, 0.6) is 0 Å². The molecule has 0 aliphatic carbocycles. The standard InChI is InChI=1S/C11H19NO/c1-8(2)9-5-6-12-10(7-9)3-4-11(12)13/h8-10H,3-7H2,1-2H3/t9-,10+/m1/s1. The Morgan fingerprint density at radius 3 is 2.85 bits per heavy atom. The van der Waals surface area contributed by atoms with Crippen molar-refractivity contribution in [1.29, 1.82) is 0 Å². The van der Waals surface area contributed by atoms with Crippen molar-refractivity contribution in [1.82, 2.24) is 4.90 Å². The van der Waals surface area contributed by atoms with E-state index >= 15 is 0 Å². The van der Waals surface area contributed by atoms with Crippen molar-refractivity contribution < 1.29 is 4.79 Å². The van der Waals surface area contributed by atoms with E-state index < -0.39 is 0 Å². The molecule has 2 rings (SSSR count). The molecule has 0 aromatic carbocycles. The minimum Gasteiger partial charge on any atom is -0.340 e. The summed E-state index contributed by atoms with van der Waals surface area (Å²) in [6.07, 6.45) is 4.39. The molecule has 13 heavy (non-hydrogen) atoms. The third-order valence-electron chi connectivity index (χ3n) is 3.71. The SMILES string of the molecule is CC(C)[C@@H]1CCN2C(=O)CC[C@H]2C1. The quantitative estimate of drug-likeness (QED) is 0.606. The largest absolute Gasteiger partial charge is 0.340 e. The van der Waals surface area contributed by atoms with E-state index in [9.17, 15) is 4.79 Å². The van der Waals surface area contributed by atoms with E-state index in [-0.39, 0.29) is 0 Å². The molecule has 0 bridgehead atoms. The van der Waals surface area contributed by atoms with E-state index in [0.29, 0.717) is 11.9 Å². The van der Waals surface area contributed by atoms with Gasteiger partial charge in [-0.1, -0.05) is 13.8 Å². The van der Waals surface area contributed by atoms with Crippen LogP contribution in [0.25, 0.3) is 0 Å². The zero-order chi connectivity index (χ0) is 9.42. The predicted molar refractivity (Wildman–Crippen MR) is 52.3 cm³/mol. The second-order valence-corrected chi connectivity index (χ2v) is 4.81. The van der Waals surface area contributed by atoms with Gasteiger partial charge in [0.1, 0.15) is 0 Å². The molecular formula is C11H19NO. The normalized spacial score (nSPS) is 34.1. The number of amides is 1. The molecule has 0 unspecified atom stereocenters. The van der Waals surface area contributed by atoms with Crippen LogP contribution < -0.4 is 0 Å². The predicted octanol–water partition coefficient (Wildman–Crippen LogP) is 2.04. The number of carbonyl (C=O) groups is 1. The van der Waals surface area contributed by atoms with Crippen molar-refractivity contribution in [2.24, 2.45) is 11.8 Å². The van der Waals surface area contributed by atoms with Crippen molar-refractivity contribution in [2.75, 3.05) is 6.54 Å². The molecule has 0 radical (unpaired) electrons. The van der Waals surface area contributed by atoms with Crippen LogP contribution >= 0.6 is 0 Å². The van der Waals surface area contributed by atoms with Crippen LogP contribution in [0.15, 0.2) is 0 Å². The van der Waals surface area contributed by atoms with Crippen molar-refractivity contribution >= 4 is 5.91 Å². The van der Waals surface area contributed by atoms with Crippen LogP contribution in [-0.2, 0) is 4.79 Å².